The normalized spacial score (nSPS) is 19.5. The van der Waals surface area contributed by atoms with Gasteiger partial charge in [0.05, 0.1) is 16.6 Å². The van der Waals surface area contributed by atoms with E-state index in [1.165, 1.54) is 12.1 Å². The van der Waals surface area contributed by atoms with Crippen LogP contribution in [0.4, 0.5) is 5.95 Å². The molecule has 10 heteroatoms. The lowest BCUT2D eigenvalue weighted by Gasteiger charge is -2.40. The lowest BCUT2D eigenvalue weighted by molar-refractivity contribution is 0.0423. The van der Waals surface area contributed by atoms with Crippen LogP contribution in [0.2, 0.25) is 0 Å². The summed E-state index contributed by atoms with van der Waals surface area (Å²) in [4.78, 5) is 25.4. The second kappa shape index (κ2) is 12.0. The lowest BCUT2D eigenvalue weighted by Crippen LogP contribution is -2.51. The first-order valence-corrected chi connectivity index (χ1v) is 16.8. The van der Waals surface area contributed by atoms with Gasteiger partial charge in [0.25, 0.3) is 15.9 Å². The topological polar surface area (TPSA) is 101 Å². The van der Waals surface area contributed by atoms with E-state index in [2.05, 4.69) is 23.6 Å². The van der Waals surface area contributed by atoms with Crippen molar-refractivity contribution in [3.8, 4) is 17.1 Å². The molecule has 1 amide bonds. The highest BCUT2D eigenvalue weighted by Gasteiger charge is 2.35. The van der Waals surface area contributed by atoms with Gasteiger partial charge in [0.1, 0.15) is 6.61 Å². The standard InChI is InChI=1S/C31H38N4O4S2/c1-19(2)16-25-18-39-29-22(5)28(27-20(3)8-6-9-21(27)4)32-31(33-29)34-41(37,38)26-11-7-10-23(17-26)30(36)35(25)24-12-14-40-15-13-24/h6-11,17,19,24-25H,12-16,18H2,1-5H3,(H,32,33,34)/t25-/m1/s1. The third kappa shape index (κ3) is 6.23. The number of fused-ring (bicyclic) bond motifs is 4. The molecule has 2 aromatic carbocycles. The summed E-state index contributed by atoms with van der Waals surface area (Å²) in [5.74, 6) is 2.35. The molecule has 1 saturated heterocycles. The molecule has 8 nitrogen and oxygen atoms in total. The lowest BCUT2D eigenvalue weighted by atomic mass is 9.97. The first-order valence-electron chi connectivity index (χ1n) is 14.2. The number of nitrogens with zero attached hydrogens (tertiary/aromatic N) is 3. The molecular weight excluding hydrogens is 556 g/mol. The van der Waals surface area contributed by atoms with E-state index in [1.54, 1.807) is 12.1 Å². The maximum Gasteiger partial charge on any atom is 0.264 e. The number of nitrogens with one attached hydrogen (secondary N) is 1. The zero-order valence-electron chi connectivity index (χ0n) is 24.3. The number of aromatic nitrogens is 2. The summed E-state index contributed by atoms with van der Waals surface area (Å²) < 4.78 is 36.2. The summed E-state index contributed by atoms with van der Waals surface area (Å²) in [5, 5.41) is 0. The average molecular weight is 595 g/mol. The van der Waals surface area contributed by atoms with Crippen molar-refractivity contribution in [1.82, 2.24) is 14.9 Å². The zero-order valence-corrected chi connectivity index (χ0v) is 25.9. The molecule has 1 atom stereocenters. The van der Waals surface area contributed by atoms with Crippen LogP contribution in [-0.4, -0.2) is 59.4 Å². The van der Waals surface area contributed by atoms with Crippen molar-refractivity contribution in [2.45, 2.75) is 70.9 Å². The number of hydrogen-bond acceptors (Lipinski definition) is 7. The van der Waals surface area contributed by atoms with E-state index in [-0.39, 0.29) is 35.4 Å². The van der Waals surface area contributed by atoms with Gasteiger partial charge < -0.3 is 9.64 Å². The first-order chi connectivity index (χ1) is 19.5. The summed E-state index contributed by atoms with van der Waals surface area (Å²) in [5.41, 5.74) is 4.63. The van der Waals surface area contributed by atoms with Gasteiger partial charge in [0.15, 0.2) is 0 Å². The van der Waals surface area contributed by atoms with Crippen molar-refractivity contribution in [2.24, 2.45) is 5.92 Å². The van der Waals surface area contributed by atoms with E-state index in [9.17, 15) is 13.2 Å². The number of rotatable bonds is 4. The SMILES string of the molecule is Cc1cccc(C)c1-c1nc2nc(c1C)OC[C@@H](CC(C)C)N(C1CCSCC1)C(=O)c1cccc(c1)S(=O)(=O)N2. The molecule has 0 saturated carbocycles. The summed E-state index contributed by atoms with van der Waals surface area (Å²) in [6.45, 7) is 10.4. The van der Waals surface area contributed by atoms with Gasteiger partial charge >= 0.3 is 0 Å². The molecule has 1 aromatic heterocycles. The number of aryl methyl sites for hydroxylation is 2. The Morgan fingerprint density at radius 2 is 1.73 bits per heavy atom. The van der Waals surface area contributed by atoms with Gasteiger partial charge in [-0.1, -0.05) is 38.1 Å². The minimum atomic E-state index is -4.09. The van der Waals surface area contributed by atoms with E-state index in [4.69, 9.17) is 9.72 Å². The molecule has 3 aromatic rings. The Hall–Kier alpha value is -3.11. The molecule has 218 valence electrons. The number of anilines is 1. The Bertz CT molecular complexity index is 1530. The zero-order chi connectivity index (χ0) is 29.3. The highest BCUT2D eigenvalue weighted by atomic mass is 32.2. The van der Waals surface area contributed by atoms with Crippen molar-refractivity contribution < 1.29 is 17.9 Å². The maximum atomic E-state index is 14.2. The Kier molecular flexibility index (Phi) is 8.61. The molecule has 1 fully saturated rings. The number of thioether (sulfide) groups is 1. The molecule has 5 rings (SSSR count). The van der Waals surface area contributed by atoms with Crippen LogP contribution in [0.3, 0.4) is 0 Å². The van der Waals surface area contributed by atoms with Gasteiger partial charge in [-0.05, 0) is 86.8 Å². The average Bonchev–Trinajstić information content (AvgIpc) is 2.93. The number of ether oxygens (including phenoxy) is 1. The molecule has 4 bridgehead atoms. The number of amides is 1. The quantitative estimate of drug-likeness (QED) is 0.395. The molecular formula is C31H38N4O4S2. The van der Waals surface area contributed by atoms with Crippen molar-refractivity contribution in [3.05, 3.63) is 64.7 Å². The molecule has 0 aliphatic carbocycles. The number of carbonyl (C=O) groups is 1. The van der Waals surface area contributed by atoms with E-state index < -0.39 is 10.0 Å². The van der Waals surface area contributed by atoms with Crippen LogP contribution in [0.5, 0.6) is 5.88 Å². The number of sulfonamides is 1. The van der Waals surface area contributed by atoms with Crippen LogP contribution in [0.25, 0.3) is 11.3 Å². The fourth-order valence-electron chi connectivity index (χ4n) is 5.81. The number of hydrogen-bond donors (Lipinski definition) is 1. The fraction of sp³-hybridized carbons (Fsp3) is 0.452. The molecule has 2 aliphatic rings. The van der Waals surface area contributed by atoms with E-state index in [0.717, 1.165) is 53.0 Å². The highest BCUT2D eigenvalue weighted by Crippen LogP contribution is 2.35. The van der Waals surface area contributed by atoms with Crippen LogP contribution in [0.15, 0.2) is 47.4 Å². The van der Waals surface area contributed by atoms with E-state index in [0.29, 0.717) is 23.1 Å². The van der Waals surface area contributed by atoms with Gasteiger partial charge in [-0.25, -0.2) is 18.1 Å². The number of carbonyl (C=O) groups excluding carboxylic acids is 1. The van der Waals surface area contributed by atoms with E-state index in [1.807, 2.05) is 55.6 Å². The van der Waals surface area contributed by atoms with Gasteiger partial charge in [0, 0.05) is 22.7 Å². The molecule has 41 heavy (non-hydrogen) atoms. The molecule has 0 unspecified atom stereocenters. The van der Waals surface area contributed by atoms with Crippen molar-refractivity contribution in [2.75, 3.05) is 22.8 Å². The van der Waals surface area contributed by atoms with Crippen molar-refractivity contribution >= 4 is 33.6 Å². The van der Waals surface area contributed by atoms with Crippen LogP contribution in [0, 0.1) is 26.7 Å². The van der Waals surface area contributed by atoms with E-state index >= 15 is 0 Å². The van der Waals surface area contributed by atoms with Gasteiger partial charge in [-0.2, -0.15) is 16.7 Å². The third-order valence-corrected chi connectivity index (χ3v) is 10.2. The van der Waals surface area contributed by atoms with Crippen LogP contribution in [-0.2, 0) is 10.0 Å². The summed E-state index contributed by atoms with van der Waals surface area (Å²) >= 11 is 1.90. The van der Waals surface area contributed by atoms with Gasteiger partial charge in [0.2, 0.25) is 11.8 Å². The highest BCUT2D eigenvalue weighted by molar-refractivity contribution is 7.99. The largest absolute Gasteiger partial charge is 0.475 e. The smallest absolute Gasteiger partial charge is 0.264 e. The first kappa shape index (κ1) is 29.4. The van der Waals surface area contributed by atoms with Crippen LogP contribution in [0.1, 0.15) is 60.2 Å². The molecule has 1 N–H and O–H groups in total. The Morgan fingerprint density at radius 1 is 1.05 bits per heavy atom. The monoisotopic (exact) mass is 594 g/mol. The second-order valence-corrected chi connectivity index (χ2v) is 14.3. The third-order valence-electron chi connectivity index (χ3n) is 7.80. The predicted molar refractivity (Wildman–Crippen MR) is 164 cm³/mol. The fourth-order valence-corrected chi connectivity index (χ4v) is 7.88. The van der Waals surface area contributed by atoms with Crippen LogP contribution >= 0.6 is 11.8 Å². The molecule has 3 heterocycles. The van der Waals surface area contributed by atoms with Gasteiger partial charge in [-0.15, -0.1) is 0 Å². The van der Waals surface area contributed by atoms with Crippen molar-refractivity contribution in [1.29, 1.82) is 0 Å². The molecule has 0 spiro atoms. The predicted octanol–water partition coefficient (Wildman–Crippen LogP) is 6.01. The Balaban J connectivity index is 1.70. The summed E-state index contributed by atoms with van der Waals surface area (Å²) in [6, 6.07) is 12.1. The Morgan fingerprint density at radius 3 is 2.41 bits per heavy atom. The minimum Gasteiger partial charge on any atom is -0.475 e. The van der Waals surface area contributed by atoms with Gasteiger partial charge in [-0.3, -0.25) is 4.79 Å². The second-order valence-electron chi connectivity index (χ2n) is 11.4. The summed E-state index contributed by atoms with van der Waals surface area (Å²) in [6.07, 6.45) is 2.52. The maximum absolute atomic E-state index is 14.2. The van der Waals surface area contributed by atoms with Crippen molar-refractivity contribution in [3.63, 3.8) is 0 Å². The molecule has 0 radical (unpaired) electrons. The minimum absolute atomic E-state index is 0.0116. The Labute approximate surface area is 247 Å². The van der Waals surface area contributed by atoms with Crippen LogP contribution < -0.4 is 9.46 Å². The number of benzene rings is 2. The summed E-state index contributed by atoms with van der Waals surface area (Å²) in [7, 11) is -4.09. The molecule has 2 aliphatic heterocycles.